The van der Waals surface area contributed by atoms with Crippen molar-refractivity contribution < 1.29 is 4.79 Å². The van der Waals surface area contributed by atoms with Crippen molar-refractivity contribution in [3.8, 4) is 0 Å². The summed E-state index contributed by atoms with van der Waals surface area (Å²) in [7, 11) is 0. The fourth-order valence-corrected chi connectivity index (χ4v) is 4.30. The van der Waals surface area contributed by atoms with E-state index in [0.717, 1.165) is 32.4 Å². The number of rotatable bonds is 1. The summed E-state index contributed by atoms with van der Waals surface area (Å²) in [6, 6.07) is 0.341. The van der Waals surface area contributed by atoms with Crippen LogP contribution in [0.2, 0.25) is 0 Å². The van der Waals surface area contributed by atoms with Gasteiger partial charge in [0.25, 0.3) is 0 Å². The van der Waals surface area contributed by atoms with Gasteiger partial charge >= 0.3 is 0 Å². The largest absolute Gasteiger partial charge is 0.342 e. The highest BCUT2D eigenvalue weighted by molar-refractivity contribution is 5.85. The molecule has 2 aliphatic carbocycles. The molecule has 0 aromatic heterocycles. The lowest BCUT2D eigenvalue weighted by Crippen LogP contribution is -2.39. The quantitative estimate of drug-likeness (QED) is 0.805. The fraction of sp³-hybridized carbons (Fsp3) is 0.933. The van der Waals surface area contributed by atoms with E-state index >= 15 is 0 Å². The van der Waals surface area contributed by atoms with Gasteiger partial charge in [-0.05, 0) is 37.5 Å². The van der Waals surface area contributed by atoms with Crippen molar-refractivity contribution in [3.05, 3.63) is 0 Å². The molecule has 1 heterocycles. The van der Waals surface area contributed by atoms with Gasteiger partial charge < -0.3 is 10.6 Å². The Bertz CT molecular complexity index is 317. The molecule has 0 spiro atoms. The number of fused-ring (bicyclic) bond motifs is 1. The second-order valence-electron chi connectivity index (χ2n) is 6.60. The number of carbonyl (C=O) groups excluding carboxylic acids is 1. The summed E-state index contributed by atoms with van der Waals surface area (Å²) in [5.74, 6) is 2.05. The number of halogens is 1. The molecule has 3 atom stereocenters. The van der Waals surface area contributed by atoms with Gasteiger partial charge in [0, 0.05) is 25.0 Å². The molecular formula is C15H27ClN2O. The number of carbonyl (C=O) groups is 1. The fourth-order valence-electron chi connectivity index (χ4n) is 4.30. The van der Waals surface area contributed by atoms with Crippen molar-refractivity contribution in [2.24, 2.45) is 23.5 Å². The highest BCUT2D eigenvalue weighted by atomic mass is 35.5. The second kappa shape index (κ2) is 6.45. The highest BCUT2D eigenvalue weighted by Gasteiger charge is 2.41. The van der Waals surface area contributed by atoms with E-state index in [1.54, 1.807) is 0 Å². The second-order valence-corrected chi connectivity index (χ2v) is 6.60. The Kier molecular flexibility index (Phi) is 5.13. The molecule has 2 N–H and O–H groups in total. The third-order valence-corrected chi connectivity index (χ3v) is 5.42. The summed E-state index contributed by atoms with van der Waals surface area (Å²) >= 11 is 0. The lowest BCUT2D eigenvalue weighted by Gasteiger charge is -2.29. The van der Waals surface area contributed by atoms with E-state index in [2.05, 4.69) is 4.90 Å². The Morgan fingerprint density at radius 2 is 1.68 bits per heavy atom. The molecule has 0 bridgehead atoms. The maximum atomic E-state index is 12.5. The topological polar surface area (TPSA) is 46.3 Å². The lowest BCUT2D eigenvalue weighted by molar-refractivity contribution is -0.135. The minimum atomic E-state index is 0. The van der Waals surface area contributed by atoms with Crippen molar-refractivity contribution in [3.63, 3.8) is 0 Å². The summed E-state index contributed by atoms with van der Waals surface area (Å²) in [6.45, 7) is 1.94. The Labute approximate surface area is 122 Å². The van der Waals surface area contributed by atoms with E-state index < -0.39 is 0 Å². The zero-order valence-corrected chi connectivity index (χ0v) is 12.5. The van der Waals surface area contributed by atoms with Gasteiger partial charge in [0.15, 0.2) is 0 Å². The van der Waals surface area contributed by atoms with Crippen LogP contribution in [0.1, 0.15) is 51.4 Å². The van der Waals surface area contributed by atoms with Crippen molar-refractivity contribution >= 4 is 18.3 Å². The van der Waals surface area contributed by atoms with E-state index in [9.17, 15) is 4.79 Å². The standard InChI is InChI=1S/C15H26N2O.ClH/c16-14-8-4-7-12-9-17(10-13(12)14)15(18)11-5-2-1-3-6-11;/h11-14H,1-10,16H2;1H. The smallest absolute Gasteiger partial charge is 0.225 e. The molecule has 3 fully saturated rings. The Morgan fingerprint density at radius 3 is 2.37 bits per heavy atom. The molecule has 2 saturated carbocycles. The summed E-state index contributed by atoms with van der Waals surface area (Å²) in [4.78, 5) is 14.7. The van der Waals surface area contributed by atoms with Crippen LogP contribution in [-0.4, -0.2) is 29.9 Å². The first-order valence-electron chi connectivity index (χ1n) is 7.80. The normalized spacial score (nSPS) is 35.6. The predicted octanol–water partition coefficient (Wildman–Crippen LogP) is 2.57. The molecule has 1 aliphatic heterocycles. The van der Waals surface area contributed by atoms with E-state index in [-0.39, 0.29) is 12.4 Å². The number of nitrogens with zero attached hydrogens (tertiary/aromatic N) is 1. The first-order valence-corrected chi connectivity index (χ1v) is 7.80. The SMILES string of the molecule is Cl.NC1CCCC2CN(C(=O)C3CCCCC3)CC12. The molecule has 3 rings (SSSR count). The monoisotopic (exact) mass is 286 g/mol. The maximum absolute atomic E-state index is 12.5. The molecule has 0 radical (unpaired) electrons. The van der Waals surface area contributed by atoms with Crippen LogP contribution < -0.4 is 5.73 Å². The minimum Gasteiger partial charge on any atom is -0.342 e. The van der Waals surface area contributed by atoms with Gasteiger partial charge in [0.2, 0.25) is 5.91 Å². The van der Waals surface area contributed by atoms with Crippen molar-refractivity contribution in [2.75, 3.05) is 13.1 Å². The van der Waals surface area contributed by atoms with Gasteiger partial charge in [0.05, 0.1) is 0 Å². The average molecular weight is 287 g/mol. The number of amides is 1. The molecular weight excluding hydrogens is 260 g/mol. The third-order valence-electron chi connectivity index (χ3n) is 5.42. The summed E-state index contributed by atoms with van der Waals surface area (Å²) in [6.07, 6.45) is 9.76. The maximum Gasteiger partial charge on any atom is 0.225 e. The van der Waals surface area contributed by atoms with Crippen LogP contribution in [0, 0.1) is 17.8 Å². The van der Waals surface area contributed by atoms with E-state index in [1.165, 1.54) is 32.1 Å². The predicted molar refractivity (Wildman–Crippen MR) is 79.2 cm³/mol. The van der Waals surface area contributed by atoms with Gasteiger partial charge in [-0.2, -0.15) is 0 Å². The van der Waals surface area contributed by atoms with E-state index in [0.29, 0.717) is 29.7 Å². The first-order chi connectivity index (χ1) is 8.75. The summed E-state index contributed by atoms with van der Waals surface area (Å²) in [5, 5.41) is 0. The van der Waals surface area contributed by atoms with Crippen LogP contribution >= 0.6 is 12.4 Å². The molecule has 0 aromatic carbocycles. The third kappa shape index (κ3) is 3.08. The van der Waals surface area contributed by atoms with Gasteiger partial charge in [-0.15, -0.1) is 12.4 Å². The number of hydrogen-bond donors (Lipinski definition) is 1. The van der Waals surface area contributed by atoms with Gasteiger partial charge in [-0.1, -0.05) is 25.7 Å². The van der Waals surface area contributed by atoms with Crippen molar-refractivity contribution in [2.45, 2.75) is 57.4 Å². The average Bonchev–Trinajstić information content (AvgIpc) is 2.84. The molecule has 19 heavy (non-hydrogen) atoms. The number of nitrogens with two attached hydrogens (primary N) is 1. The minimum absolute atomic E-state index is 0. The van der Waals surface area contributed by atoms with Crippen LogP contribution in [0.5, 0.6) is 0 Å². The zero-order chi connectivity index (χ0) is 12.5. The Hall–Kier alpha value is -0.280. The summed E-state index contributed by atoms with van der Waals surface area (Å²) in [5.41, 5.74) is 6.22. The van der Waals surface area contributed by atoms with Crippen LogP contribution in [0.15, 0.2) is 0 Å². The van der Waals surface area contributed by atoms with Gasteiger partial charge in [0.1, 0.15) is 0 Å². The Morgan fingerprint density at radius 1 is 0.947 bits per heavy atom. The van der Waals surface area contributed by atoms with Crippen LogP contribution in [-0.2, 0) is 4.79 Å². The molecule has 0 aromatic rings. The van der Waals surface area contributed by atoms with Crippen LogP contribution in [0.25, 0.3) is 0 Å². The number of hydrogen-bond acceptors (Lipinski definition) is 2. The first kappa shape index (κ1) is 15.1. The van der Waals surface area contributed by atoms with E-state index in [4.69, 9.17) is 5.73 Å². The molecule has 1 amide bonds. The molecule has 1 saturated heterocycles. The lowest BCUT2D eigenvalue weighted by atomic mass is 9.78. The van der Waals surface area contributed by atoms with Gasteiger partial charge in [-0.3, -0.25) is 4.79 Å². The van der Waals surface area contributed by atoms with Crippen molar-refractivity contribution in [1.29, 1.82) is 0 Å². The molecule has 3 unspecified atom stereocenters. The van der Waals surface area contributed by atoms with Gasteiger partial charge in [-0.25, -0.2) is 0 Å². The molecule has 110 valence electrons. The zero-order valence-electron chi connectivity index (χ0n) is 11.7. The van der Waals surface area contributed by atoms with Crippen molar-refractivity contribution in [1.82, 2.24) is 4.90 Å². The molecule has 3 nitrogen and oxygen atoms in total. The summed E-state index contributed by atoms with van der Waals surface area (Å²) < 4.78 is 0. The van der Waals surface area contributed by atoms with Crippen LogP contribution in [0.3, 0.4) is 0 Å². The number of likely N-dealkylation sites (tertiary alicyclic amines) is 1. The molecule has 3 aliphatic rings. The van der Waals surface area contributed by atoms with Crippen LogP contribution in [0.4, 0.5) is 0 Å². The highest BCUT2D eigenvalue weighted by Crippen LogP contribution is 2.37. The van der Waals surface area contributed by atoms with E-state index in [1.807, 2.05) is 0 Å². The molecule has 4 heteroatoms. The Balaban J connectivity index is 0.00000133.